The molecule has 7 heteroatoms. The third-order valence-electron chi connectivity index (χ3n) is 5.33. The van der Waals surface area contributed by atoms with Gasteiger partial charge in [0.15, 0.2) is 0 Å². The predicted octanol–water partition coefficient (Wildman–Crippen LogP) is 2.85. The summed E-state index contributed by atoms with van der Waals surface area (Å²) in [4.78, 5) is 16.5. The highest BCUT2D eigenvalue weighted by Gasteiger charge is 2.23. The second-order valence-corrected chi connectivity index (χ2v) is 7.37. The van der Waals surface area contributed by atoms with Crippen molar-refractivity contribution in [3.05, 3.63) is 59.7 Å². The van der Waals surface area contributed by atoms with E-state index in [1.54, 1.807) is 11.9 Å². The first kappa shape index (κ1) is 18.4. The molecule has 1 fully saturated rings. The lowest BCUT2D eigenvalue weighted by Gasteiger charge is -2.20. The molecule has 3 aromatic rings. The summed E-state index contributed by atoms with van der Waals surface area (Å²) < 4.78 is 4.71. The molecular weight excluding hydrogens is 354 g/mol. The van der Waals surface area contributed by atoms with Crippen LogP contribution in [0.4, 0.5) is 4.79 Å². The number of rotatable bonds is 6. The summed E-state index contributed by atoms with van der Waals surface area (Å²) in [5.41, 5.74) is 3.82. The lowest BCUT2D eigenvalue weighted by Crippen LogP contribution is -2.40. The van der Waals surface area contributed by atoms with Gasteiger partial charge in [-0.1, -0.05) is 36.4 Å². The van der Waals surface area contributed by atoms with Crippen molar-refractivity contribution in [2.24, 2.45) is 0 Å². The largest absolute Gasteiger partial charge is 0.337 e. The highest BCUT2D eigenvalue weighted by Crippen LogP contribution is 2.26. The number of nitrogens with zero attached hydrogens (tertiary/aromatic N) is 4. The van der Waals surface area contributed by atoms with Crippen LogP contribution in [0.3, 0.4) is 0 Å². The molecule has 0 unspecified atom stereocenters. The van der Waals surface area contributed by atoms with Gasteiger partial charge >= 0.3 is 6.03 Å². The van der Waals surface area contributed by atoms with Crippen LogP contribution in [-0.2, 0) is 6.54 Å². The highest BCUT2D eigenvalue weighted by molar-refractivity contribution is 5.75. The van der Waals surface area contributed by atoms with Crippen molar-refractivity contribution < 1.29 is 9.42 Å². The molecular formula is C21H25N5O2. The number of benzene rings is 2. The van der Waals surface area contributed by atoms with Crippen molar-refractivity contribution in [2.75, 3.05) is 33.2 Å². The number of aromatic nitrogens is 2. The summed E-state index contributed by atoms with van der Waals surface area (Å²) in [6.07, 6.45) is 1.18. The Balaban J connectivity index is 1.21. The van der Waals surface area contributed by atoms with Crippen LogP contribution in [0, 0.1) is 0 Å². The van der Waals surface area contributed by atoms with E-state index in [-0.39, 0.29) is 6.03 Å². The van der Waals surface area contributed by atoms with E-state index in [2.05, 4.69) is 50.9 Å². The Labute approximate surface area is 164 Å². The standard InChI is InChI=1S/C21H25N5O2/c1-25(14-16-7-8-19-20(13-16)24-28-23-19)21(27)22-10-12-26-11-9-18(15-26)17-5-3-2-4-6-17/h2-8,13,18H,9-12,14-15H2,1H3,(H,22,27)/t18-/m1/s1. The number of amides is 2. The van der Waals surface area contributed by atoms with E-state index in [0.29, 0.717) is 24.5 Å². The van der Waals surface area contributed by atoms with Crippen molar-refractivity contribution in [1.29, 1.82) is 0 Å². The van der Waals surface area contributed by atoms with Crippen molar-refractivity contribution in [3.63, 3.8) is 0 Å². The average molecular weight is 379 g/mol. The zero-order valence-electron chi connectivity index (χ0n) is 16.0. The van der Waals surface area contributed by atoms with E-state index in [9.17, 15) is 4.79 Å². The predicted molar refractivity (Wildman–Crippen MR) is 107 cm³/mol. The molecule has 1 aromatic heterocycles. The Morgan fingerprint density at radius 2 is 2.04 bits per heavy atom. The lowest BCUT2D eigenvalue weighted by molar-refractivity contribution is 0.205. The molecule has 146 valence electrons. The normalized spacial score (nSPS) is 17.1. The monoisotopic (exact) mass is 379 g/mol. The topological polar surface area (TPSA) is 74.5 Å². The zero-order valence-corrected chi connectivity index (χ0v) is 16.0. The summed E-state index contributed by atoms with van der Waals surface area (Å²) in [5.74, 6) is 0.598. The van der Waals surface area contributed by atoms with Gasteiger partial charge in [0.2, 0.25) is 0 Å². The third-order valence-corrected chi connectivity index (χ3v) is 5.33. The van der Waals surface area contributed by atoms with Crippen LogP contribution in [0.1, 0.15) is 23.5 Å². The van der Waals surface area contributed by atoms with Gasteiger partial charge in [0, 0.05) is 33.2 Å². The number of nitrogens with one attached hydrogen (secondary N) is 1. The number of hydrogen-bond donors (Lipinski definition) is 1. The number of urea groups is 1. The average Bonchev–Trinajstić information content (AvgIpc) is 3.37. The Bertz CT molecular complexity index is 927. The van der Waals surface area contributed by atoms with Crippen LogP contribution < -0.4 is 5.32 Å². The minimum Gasteiger partial charge on any atom is -0.337 e. The quantitative estimate of drug-likeness (QED) is 0.713. The van der Waals surface area contributed by atoms with Gasteiger partial charge in [-0.15, -0.1) is 0 Å². The second kappa shape index (κ2) is 8.39. The maximum Gasteiger partial charge on any atom is 0.317 e. The molecule has 0 bridgehead atoms. The molecule has 0 saturated carbocycles. The van der Waals surface area contributed by atoms with Crippen LogP contribution >= 0.6 is 0 Å². The number of fused-ring (bicyclic) bond motifs is 1. The number of likely N-dealkylation sites (tertiary alicyclic amines) is 1. The molecule has 0 radical (unpaired) electrons. The van der Waals surface area contributed by atoms with Crippen LogP contribution in [0.2, 0.25) is 0 Å². The molecule has 1 saturated heterocycles. The molecule has 2 aromatic carbocycles. The number of carbonyl (C=O) groups excluding carboxylic acids is 1. The van der Waals surface area contributed by atoms with E-state index in [1.165, 1.54) is 12.0 Å². The van der Waals surface area contributed by atoms with Crippen molar-refractivity contribution >= 4 is 17.1 Å². The van der Waals surface area contributed by atoms with Crippen LogP contribution in [0.15, 0.2) is 53.2 Å². The lowest BCUT2D eigenvalue weighted by atomic mass is 9.99. The first-order chi connectivity index (χ1) is 13.7. The molecule has 1 aliphatic rings. The fourth-order valence-electron chi connectivity index (χ4n) is 3.76. The number of hydrogen-bond acceptors (Lipinski definition) is 5. The SMILES string of the molecule is CN(Cc1ccc2nonc2c1)C(=O)NCCN1CC[C@@H](c2ccccc2)C1. The minimum atomic E-state index is -0.0721. The Kier molecular flexibility index (Phi) is 5.53. The third kappa shape index (κ3) is 4.31. The van der Waals surface area contributed by atoms with Gasteiger partial charge in [0.1, 0.15) is 11.0 Å². The summed E-state index contributed by atoms with van der Waals surface area (Å²) in [6, 6.07) is 16.3. The van der Waals surface area contributed by atoms with Crippen molar-refractivity contribution in [3.8, 4) is 0 Å². The van der Waals surface area contributed by atoms with Gasteiger partial charge in [-0.05, 0) is 52.5 Å². The van der Waals surface area contributed by atoms with E-state index in [4.69, 9.17) is 4.63 Å². The maximum absolute atomic E-state index is 12.4. The molecule has 4 rings (SSSR count). The maximum atomic E-state index is 12.4. The molecule has 0 spiro atoms. The molecule has 7 nitrogen and oxygen atoms in total. The van der Waals surface area contributed by atoms with Gasteiger partial charge in [-0.3, -0.25) is 0 Å². The second-order valence-electron chi connectivity index (χ2n) is 7.37. The van der Waals surface area contributed by atoms with E-state index < -0.39 is 0 Å². The minimum absolute atomic E-state index is 0.0721. The molecule has 1 N–H and O–H groups in total. The molecule has 1 aliphatic heterocycles. The van der Waals surface area contributed by atoms with Gasteiger partial charge in [0.25, 0.3) is 0 Å². The molecule has 0 aliphatic carbocycles. The summed E-state index contributed by atoms with van der Waals surface area (Å²) in [6.45, 7) is 4.17. The Morgan fingerprint density at radius 3 is 2.89 bits per heavy atom. The fourth-order valence-corrected chi connectivity index (χ4v) is 3.76. The Morgan fingerprint density at radius 1 is 1.21 bits per heavy atom. The fraction of sp³-hybridized carbons (Fsp3) is 0.381. The first-order valence-electron chi connectivity index (χ1n) is 9.66. The summed E-state index contributed by atoms with van der Waals surface area (Å²) >= 11 is 0. The summed E-state index contributed by atoms with van der Waals surface area (Å²) in [5, 5.41) is 10.7. The van der Waals surface area contributed by atoms with E-state index in [1.807, 2.05) is 18.2 Å². The van der Waals surface area contributed by atoms with Gasteiger partial charge in [-0.2, -0.15) is 0 Å². The van der Waals surface area contributed by atoms with Gasteiger partial charge in [0.05, 0.1) is 0 Å². The zero-order chi connectivity index (χ0) is 19.3. The Hall–Kier alpha value is -2.93. The van der Waals surface area contributed by atoms with Gasteiger partial charge in [-0.25, -0.2) is 9.42 Å². The number of carbonyl (C=O) groups is 1. The highest BCUT2D eigenvalue weighted by atomic mass is 16.6. The van der Waals surface area contributed by atoms with E-state index in [0.717, 1.165) is 30.7 Å². The molecule has 2 heterocycles. The smallest absolute Gasteiger partial charge is 0.317 e. The van der Waals surface area contributed by atoms with Crippen molar-refractivity contribution in [2.45, 2.75) is 18.9 Å². The van der Waals surface area contributed by atoms with Gasteiger partial charge < -0.3 is 15.1 Å². The molecule has 1 atom stereocenters. The van der Waals surface area contributed by atoms with Crippen LogP contribution in [0.25, 0.3) is 11.0 Å². The first-order valence-corrected chi connectivity index (χ1v) is 9.66. The van der Waals surface area contributed by atoms with E-state index >= 15 is 0 Å². The van der Waals surface area contributed by atoms with Crippen LogP contribution in [0.5, 0.6) is 0 Å². The van der Waals surface area contributed by atoms with Crippen LogP contribution in [-0.4, -0.2) is 59.4 Å². The summed E-state index contributed by atoms with van der Waals surface area (Å²) in [7, 11) is 1.79. The van der Waals surface area contributed by atoms with Crippen molar-refractivity contribution in [1.82, 2.24) is 25.4 Å². The molecule has 2 amide bonds. The molecule has 28 heavy (non-hydrogen) atoms.